The van der Waals surface area contributed by atoms with Gasteiger partial charge in [0.25, 0.3) is 0 Å². The summed E-state index contributed by atoms with van der Waals surface area (Å²) >= 11 is 0. The van der Waals surface area contributed by atoms with Crippen molar-refractivity contribution in [3.8, 4) is 0 Å². The fraction of sp³-hybridized carbons (Fsp3) is 0.538. The van der Waals surface area contributed by atoms with Crippen molar-refractivity contribution in [1.82, 2.24) is 23.9 Å². The third-order valence-electron chi connectivity index (χ3n) is 7.68. The number of piperazine rings is 1. The molecule has 1 N–H and O–H groups in total. The lowest BCUT2D eigenvalue weighted by Crippen LogP contribution is -2.59. The van der Waals surface area contributed by atoms with Crippen LogP contribution in [0, 0.1) is 12.3 Å². The normalized spacial score (nSPS) is 20.3. The highest BCUT2D eigenvalue weighted by molar-refractivity contribution is 7.88. The Bertz CT molecular complexity index is 1290. The van der Waals surface area contributed by atoms with E-state index in [2.05, 4.69) is 51.9 Å². The van der Waals surface area contributed by atoms with Gasteiger partial charge in [-0.1, -0.05) is 18.7 Å². The van der Waals surface area contributed by atoms with Crippen LogP contribution in [0.3, 0.4) is 0 Å². The second-order valence-corrected chi connectivity index (χ2v) is 12.9. The Morgan fingerprint density at radius 2 is 1.84 bits per heavy atom. The van der Waals surface area contributed by atoms with Gasteiger partial charge in [0.2, 0.25) is 10.0 Å². The van der Waals surface area contributed by atoms with Gasteiger partial charge < -0.3 is 15.1 Å². The number of allylic oxidation sites excluding steroid dienone is 1. The van der Waals surface area contributed by atoms with Crippen molar-refractivity contribution < 1.29 is 13.2 Å². The number of anilines is 2. The number of carbonyl (C=O) groups excluding carboxylic acids is 1. The van der Waals surface area contributed by atoms with E-state index in [0.29, 0.717) is 32.0 Å². The van der Waals surface area contributed by atoms with Crippen molar-refractivity contribution in [3.05, 3.63) is 53.9 Å². The maximum Gasteiger partial charge on any atom is 0.344 e. The number of aromatic nitrogens is 2. The van der Waals surface area contributed by atoms with Crippen molar-refractivity contribution in [2.45, 2.75) is 26.8 Å². The highest BCUT2D eigenvalue weighted by atomic mass is 32.2. The van der Waals surface area contributed by atoms with Crippen LogP contribution in [0.5, 0.6) is 0 Å². The summed E-state index contributed by atoms with van der Waals surface area (Å²) in [6.45, 7) is 14.6. The molecule has 1 amide bonds. The molecule has 0 saturated carbocycles. The van der Waals surface area contributed by atoms with Crippen molar-refractivity contribution in [2.75, 3.05) is 68.8 Å². The van der Waals surface area contributed by atoms with E-state index < -0.39 is 10.0 Å². The summed E-state index contributed by atoms with van der Waals surface area (Å²) < 4.78 is 26.7. The van der Waals surface area contributed by atoms with E-state index in [-0.39, 0.29) is 11.4 Å². The zero-order valence-electron chi connectivity index (χ0n) is 22.0. The Morgan fingerprint density at radius 1 is 1.11 bits per heavy atom. The van der Waals surface area contributed by atoms with Gasteiger partial charge in [-0.2, -0.15) is 4.68 Å². The molecule has 0 radical (unpaired) electrons. The van der Waals surface area contributed by atoms with Gasteiger partial charge in [0.1, 0.15) is 0 Å². The van der Waals surface area contributed by atoms with Gasteiger partial charge in [-0.05, 0) is 37.5 Å². The molecule has 1 aromatic carbocycles. The molecule has 5 rings (SSSR count). The number of hydrogen-bond donors (Lipinski definition) is 1. The quantitative estimate of drug-likeness (QED) is 0.617. The highest BCUT2D eigenvalue weighted by Crippen LogP contribution is 2.43. The summed E-state index contributed by atoms with van der Waals surface area (Å²) in [6, 6.07) is 8.29. The molecule has 3 fully saturated rings. The Kier molecular flexibility index (Phi) is 6.80. The van der Waals surface area contributed by atoms with Gasteiger partial charge in [-0.15, -0.1) is 5.10 Å². The molecule has 200 valence electrons. The first kappa shape index (κ1) is 25.7. The van der Waals surface area contributed by atoms with Gasteiger partial charge >= 0.3 is 6.03 Å². The number of amides is 1. The summed E-state index contributed by atoms with van der Waals surface area (Å²) in [5.74, 6) is 0.612. The summed E-state index contributed by atoms with van der Waals surface area (Å²) in [5, 5.41) is 7.35. The van der Waals surface area contributed by atoms with Crippen molar-refractivity contribution in [2.24, 2.45) is 5.41 Å². The van der Waals surface area contributed by atoms with Crippen LogP contribution in [-0.2, 0) is 16.6 Å². The largest absolute Gasteiger partial charge is 0.371 e. The fourth-order valence-corrected chi connectivity index (χ4v) is 6.65. The number of rotatable bonds is 6. The van der Waals surface area contributed by atoms with E-state index in [1.807, 2.05) is 11.8 Å². The molecule has 3 aliphatic heterocycles. The van der Waals surface area contributed by atoms with E-state index in [9.17, 15) is 13.2 Å². The topological polar surface area (TPSA) is 94.0 Å². The van der Waals surface area contributed by atoms with Crippen molar-refractivity contribution in [3.63, 3.8) is 0 Å². The number of benzene rings is 1. The van der Waals surface area contributed by atoms with Crippen LogP contribution < -0.4 is 10.2 Å². The lowest BCUT2D eigenvalue weighted by molar-refractivity contribution is 0.0944. The maximum absolute atomic E-state index is 12.9. The smallest absolute Gasteiger partial charge is 0.344 e. The molecule has 1 aromatic heterocycles. The van der Waals surface area contributed by atoms with Crippen LogP contribution in [0.1, 0.15) is 24.5 Å². The fourth-order valence-electron chi connectivity index (χ4n) is 5.64. The average molecular weight is 528 g/mol. The van der Waals surface area contributed by atoms with Crippen LogP contribution in [0.15, 0.2) is 42.7 Å². The summed E-state index contributed by atoms with van der Waals surface area (Å²) in [7, 11) is -3.11. The van der Waals surface area contributed by atoms with Crippen LogP contribution in [0.2, 0.25) is 0 Å². The van der Waals surface area contributed by atoms with E-state index in [1.54, 1.807) is 16.6 Å². The third-order valence-corrected chi connectivity index (χ3v) is 8.87. The molecule has 0 atom stereocenters. The first-order valence-electron chi connectivity index (χ1n) is 12.8. The molecule has 37 heavy (non-hydrogen) atoms. The molecule has 10 nitrogen and oxygen atoms in total. The molecule has 0 unspecified atom stereocenters. The second-order valence-electron chi connectivity index (χ2n) is 10.9. The van der Waals surface area contributed by atoms with Crippen molar-refractivity contribution >= 4 is 27.6 Å². The Balaban J connectivity index is 1.19. The Labute approximate surface area is 219 Å². The van der Waals surface area contributed by atoms with Crippen LogP contribution >= 0.6 is 0 Å². The average Bonchev–Trinajstić information content (AvgIpc) is 3.46. The first-order chi connectivity index (χ1) is 17.5. The zero-order valence-corrected chi connectivity index (χ0v) is 22.8. The summed E-state index contributed by atoms with van der Waals surface area (Å²) in [4.78, 5) is 19.6. The minimum Gasteiger partial charge on any atom is -0.371 e. The number of nitrogens with zero attached hydrogens (tertiary/aromatic N) is 6. The number of sulfonamides is 1. The van der Waals surface area contributed by atoms with Gasteiger partial charge in [0.15, 0.2) is 5.82 Å². The monoisotopic (exact) mass is 527 g/mol. The minimum atomic E-state index is -3.11. The molecule has 0 bridgehead atoms. The predicted molar refractivity (Wildman–Crippen MR) is 145 cm³/mol. The number of nitrogens with one attached hydrogen (secondary N) is 1. The van der Waals surface area contributed by atoms with Crippen LogP contribution in [0.25, 0.3) is 0 Å². The molecule has 0 aliphatic carbocycles. The second kappa shape index (κ2) is 9.77. The SMILES string of the molecule is C=C(C)Nc1ccn(C(=O)N2CCN(Cc3ccc(C)cc3N3CCC4(C3)CN(S(C)(=O)=O)C4)CC2)n1. The molecule has 2 aromatic rings. The van der Waals surface area contributed by atoms with Gasteiger partial charge in [-0.25, -0.2) is 17.5 Å². The van der Waals surface area contributed by atoms with E-state index in [1.165, 1.54) is 27.8 Å². The minimum absolute atomic E-state index is 0.0718. The first-order valence-corrected chi connectivity index (χ1v) is 14.7. The number of carbonyl (C=O) groups is 1. The van der Waals surface area contributed by atoms with Crippen LogP contribution in [0.4, 0.5) is 16.3 Å². The van der Waals surface area contributed by atoms with Gasteiger partial charge in [0, 0.05) is 88.0 Å². The summed E-state index contributed by atoms with van der Waals surface area (Å²) in [5.41, 5.74) is 4.60. The third kappa shape index (κ3) is 5.53. The van der Waals surface area contributed by atoms with E-state index >= 15 is 0 Å². The van der Waals surface area contributed by atoms with E-state index in [4.69, 9.17) is 0 Å². The molecular weight excluding hydrogens is 490 g/mol. The van der Waals surface area contributed by atoms with Gasteiger partial charge in [0.05, 0.1) is 6.26 Å². The number of hydrogen-bond acceptors (Lipinski definition) is 7. The highest BCUT2D eigenvalue weighted by Gasteiger charge is 2.50. The maximum atomic E-state index is 12.9. The van der Waals surface area contributed by atoms with Crippen molar-refractivity contribution in [1.29, 1.82) is 0 Å². The molecule has 1 spiro atoms. The van der Waals surface area contributed by atoms with Crippen LogP contribution in [-0.4, -0.2) is 96.9 Å². The molecular formula is C26H37N7O3S. The summed E-state index contributed by atoms with van der Waals surface area (Å²) in [6.07, 6.45) is 3.99. The molecule has 3 aliphatic rings. The van der Waals surface area contributed by atoms with E-state index in [0.717, 1.165) is 44.8 Å². The molecule has 4 heterocycles. The zero-order chi connectivity index (χ0) is 26.4. The molecule has 3 saturated heterocycles. The Hall–Kier alpha value is -2.89. The lowest BCUT2D eigenvalue weighted by Gasteiger charge is -2.46. The van der Waals surface area contributed by atoms with Gasteiger partial charge in [-0.3, -0.25) is 4.90 Å². The Morgan fingerprint density at radius 3 is 2.51 bits per heavy atom. The standard InChI is InChI=1S/C26H37N7O3S/c1-20(2)27-24-7-9-33(28-24)25(34)30-13-11-29(12-14-30)16-22-6-5-21(3)15-23(22)31-10-8-26(17-31)18-32(19-26)37(4,35)36/h5-7,9,15H,1,8,10-14,16-19H2,2-4H3,(H,27,28). The molecule has 11 heteroatoms. The number of aryl methyl sites for hydroxylation is 1. The predicted octanol–water partition coefficient (Wildman–Crippen LogP) is 2.39. The lowest BCUT2D eigenvalue weighted by atomic mass is 9.81.